The number of aryl methyl sites for hydroxylation is 1. The maximum atomic E-state index is 3.60. The number of halogens is 2. The van der Waals surface area contributed by atoms with Crippen LogP contribution in [0.1, 0.15) is 36.6 Å². The predicted molar refractivity (Wildman–Crippen MR) is 98.2 cm³/mol. The first-order chi connectivity index (χ1) is 9.65. The topological polar surface area (TPSA) is 12.0 Å². The zero-order valence-corrected chi connectivity index (χ0v) is 15.5. The number of hydrogen-bond acceptors (Lipinski definition) is 1. The third-order valence-electron chi connectivity index (χ3n) is 3.40. The standard InChI is InChI=1S/C17H19BrIN/c1-3-12-5-7-13(8-6-12)17(20-4-2)15-11-14(18)9-10-16(15)19/h5-11,17,20H,3-4H2,1-2H3. The molecule has 0 amide bonds. The monoisotopic (exact) mass is 443 g/mol. The normalized spacial score (nSPS) is 12.4. The SMILES string of the molecule is CCNC(c1ccc(CC)cc1)c1cc(Br)ccc1I. The second-order valence-electron chi connectivity index (χ2n) is 4.75. The zero-order valence-electron chi connectivity index (χ0n) is 11.8. The Morgan fingerprint density at radius 2 is 1.80 bits per heavy atom. The van der Waals surface area contributed by atoms with Crippen LogP contribution in [0.25, 0.3) is 0 Å². The van der Waals surface area contributed by atoms with E-state index in [9.17, 15) is 0 Å². The third kappa shape index (κ3) is 3.83. The van der Waals surface area contributed by atoms with Crippen LogP contribution in [0.3, 0.4) is 0 Å². The summed E-state index contributed by atoms with van der Waals surface area (Å²) in [5, 5.41) is 3.60. The van der Waals surface area contributed by atoms with Gasteiger partial charge in [-0.3, -0.25) is 0 Å². The zero-order chi connectivity index (χ0) is 14.5. The summed E-state index contributed by atoms with van der Waals surface area (Å²) in [6, 6.07) is 15.6. The first-order valence-corrected chi connectivity index (χ1v) is 8.80. The maximum Gasteiger partial charge on any atom is 0.0587 e. The van der Waals surface area contributed by atoms with Crippen molar-refractivity contribution in [2.24, 2.45) is 0 Å². The van der Waals surface area contributed by atoms with Crippen molar-refractivity contribution in [1.82, 2.24) is 5.32 Å². The highest BCUT2D eigenvalue weighted by Crippen LogP contribution is 2.29. The predicted octanol–water partition coefficient (Wildman–Crippen LogP) is 5.32. The van der Waals surface area contributed by atoms with Crippen molar-refractivity contribution in [3.05, 3.63) is 67.2 Å². The molecule has 0 aliphatic rings. The molecule has 20 heavy (non-hydrogen) atoms. The molecule has 1 unspecified atom stereocenters. The molecule has 0 aliphatic heterocycles. The first-order valence-electron chi connectivity index (χ1n) is 6.92. The van der Waals surface area contributed by atoms with Crippen LogP contribution in [0.4, 0.5) is 0 Å². The molecule has 1 N–H and O–H groups in total. The van der Waals surface area contributed by atoms with Gasteiger partial charge in [0.15, 0.2) is 0 Å². The summed E-state index contributed by atoms with van der Waals surface area (Å²) in [6.45, 7) is 5.29. The number of nitrogens with one attached hydrogen (secondary N) is 1. The van der Waals surface area contributed by atoms with Crippen LogP contribution in [-0.4, -0.2) is 6.54 Å². The van der Waals surface area contributed by atoms with Crippen LogP contribution in [0.2, 0.25) is 0 Å². The minimum atomic E-state index is 0.246. The highest BCUT2D eigenvalue weighted by molar-refractivity contribution is 14.1. The van der Waals surface area contributed by atoms with Gasteiger partial charge in [-0.2, -0.15) is 0 Å². The van der Waals surface area contributed by atoms with Crippen LogP contribution < -0.4 is 5.32 Å². The van der Waals surface area contributed by atoms with Gasteiger partial charge in [0.05, 0.1) is 6.04 Å². The summed E-state index contributed by atoms with van der Waals surface area (Å²) >= 11 is 5.99. The van der Waals surface area contributed by atoms with Crippen molar-refractivity contribution < 1.29 is 0 Å². The van der Waals surface area contributed by atoms with Gasteiger partial charge in [0.2, 0.25) is 0 Å². The molecular formula is C17H19BrIN. The van der Waals surface area contributed by atoms with Crippen molar-refractivity contribution in [2.75, 3.05) is 6.54 Å². The molecule has 2 aromatic carbocycles. The van der Waals surface area contributed by atoms with Gasteiger partial charge in [-0.25, -0.2) is 0 Å². The minimum absolute atomic E-state index is 0.246. The molecule has 0 saturated carbocycles. The van der Waals surface area contributed by atoms with Crippen LogP contribution in [0, 0.1) is 3.57 Å². The van der Waals surface area contributed by atoms with E-state index in [2.05, 4.69) is 100 Å². The van der Waals surface area contributed by atoms with Crippen LogP contribution in [0.5, 0.6) is 0 Å². The molecule has 1 atom stereocenters. The molecule has 0 spiro atoms. The highest BCUT2D eigenvalue weighted by Gasteiger charge is 2.16. The van der Waals surface area contributed by atoms with E-state index in [4.69, 9.17) is 0 Å². The Morgan fingerprint density at radius 1 is 1.10 bits per heavy atom. The van der Waals surface area contributed by atoms with Gasteiger partial charge in [0, 0.05) is 8.04 Å². The van der Waals surface area contributed by atoms with Gasteiger partial charge in [-0.1, -0.05) is 54.0 Å². The molecule has 2 rings (SSSR count). The number of rotatable bonds is 5. The smallest absolute Gasteiger partial charge is 0.0587 e. The van der Waals surface area contributed by atoms with Gasteiger partial charge < -0.3 is 5.32 Å². The van der Waals surface area contributed by atoms with Crippen molar-refractivity contribution in [3.8, 4) is 0 Å². The van der Waals surface area contributed by atoms with E-state index in [0.717, 1.165) is 17.4 Å². The summed E-state index contributed by atoms with van der Waals surface area (Å²) in [5.41, 5.74) is 4.03. The molecule has 0 heterocycles. The Morgan fingerprint density at radius 3 is 2.40 bits per heavy atom. The fourth-order valence-electron chi connectivity index (χ4n) is 2.29. The Bertz CT molecular complexity index is 566. The highest BCUT2D eigenvalue weighted by atomic mass is 127. The van der Waals surface area contributed by atoms with E-state index in [1.165, 1.54) is 20.3 Å². The van der Waals surface area contributed by atoms with E-state index in [0.29, 0.717) is 0 Å². The summed E-state index contributed by atoms with van der Waals surface area (Å²) < 4.78 is 2.41. The van der Waals surface area contributed by atoms with Crippen LogP contribution in [-0.2, 0) is 6.42 Å². The minimum Gasteiger partial charge on any atom is -0.306 e. The summed E-state index contributed by atoms with van der Waals surface area (Å²) in [6.07, 6.45) is 1.08. The molecule has 0 fully saturated rings. The molecule has 0 bridgehead atoms. The molecule has 0 aromatic heterocycles. The van der Waals surface area contributed by atoms with Crippen LogP contribution in [0.15, 0.2) is 46.9 Å². The average Bonchev–Trinajstić information content (AvgIpc) is 2.48. The molecule has 106 valence electrons. The number of hydrogen-bond donors (Lipinski definition) is 1. The van der Waals surface area contributed by atoms with Gasteiger partial charge in [-0.05, 0) is 70.4 Å². The lowest BCUT2D eigenvalue weighted by molar-refractivity contribution is 0.628. The first kappa shape index (κ1) is 16.0. The molecule has 0 saturated heterocycles. The fraction of sp³-hybridized carbons (Fsp3) is 0.294. The van der Waals surface area contributed by atoms with E-state index in [-0.39, 0.29) is 6.04 Å². The lowest BCUT2D eigenvalue weighted by Crippen LogP contribution is -2.22. The van der Waals surface area contributed by atoms with Gasteiger partial charge >= 0.3 is 0 Å². The maximum absolute atomic E-state index is 3.60. The second kappa shape index (κ2) is 7.57. The molecular weight excluding hydrogens is 425 g/mol. The van der Waals surface area contributed by atoms with Crippen molar-refractivity contribution in [3.63, 3.8) is 0 Å². The van der Waals surface area contributed by atoms with Crippen molar-refractivity contribution in [2.45, 2.75) is 26.3 Å². The molecule has 1 nitrogen and oxygen atoms in total. The van der Waals surface area contributed by atoms with Gasteiger partial charge in [-0.15, -0.1) is 0 Å². The Kier molecular flexibility index (Phi) is 6.05. The van der Waals surface area contributed by atoms with E-state index in [1.54, 1.807) is 0 Å². The average molecular weight is 444 g/mol. The fourth-order valence-corrected chi connectivity index (χ4v) is 3.32. The molecule has 0 radical (unpaired) electrons. The second-order valence-corrected chi connectivity index (χ2v) is 6.83. The lowest BCUT2D eigenvalue weighted by atomic mass is 9.97. The number of benzene rings is 2. The Hall–Kier alpha value is -0.390. The molecule has 0 aliphatic carbocycles. The summed E-state index contributed by atoms with van der Waals surface area (Å²) in [4.78, 5) is 0. The van der Waals surface area contributed by atoms with Gasteiger partial charge in [0.1, 0.15) is 0 Å². The summed E-state index contributed by atoms with van der Waals surface area (Å²) in [7, 11) is 0. The Balaban J connectivity index is 2.41. The van der Waals surface area contributed by atoms with E-state index < -0.39 is 0 Å². The molecule has 3 heteroatoms. The quantitative estimate of drug-likeness (QED) is 0.617. The van der Waals surface area contributed by atoms with E-state index >= 15 is 0 Å². The molecule has 2 aromatic rings. The Labute approximate surface area is 143 Å². The van der Waals surface area contributed by atoms with Gasteiger partial charge in [0.25, 0.3) is 0 Å². The van der Waals surface area contributed by atoms with Crippen molar-refractivity contribution >= 4 is 38.5 Å². The van der Waals surface area contributed by atoms with E-state index in [1.807, 2.05) is 0 Å². The van der Waals surface area contributed by atoms with Crippen LogP contribution >= 0.6 is 38.5 Å². The largest absolute Gasteiger partial charge is 0.306 e. The third-order valence-corrected chi connectivity index (χ3v) is 4.87. The van der Waals surface area contributed by atoms with Crippen molar-refractivity contribution in [1.29, 1.82) is 0 Å². The summed E-state index contributed by atoms with van der Waals surface area (Å²) in [5.74, 6) is 0. The lowest BCUT2D eigenvalue weighted by Gasteiger charge is -2.21.